The molecule has 2 aromatic carbocycles. The molecule has 100 valence electrons. The van der Waals surface area contributed by atoms with Crippen molar-refractivity contribution in [3.8, 4) is 11.1 Å². The summed E-state index contributed by atoms with van der Waals surface area (Å²) in [5.74, 6) is -1.42. The van der Waals surface area contributed by atoms with E-state index < -0.39 is 11.6 Å². The number of hydrogen-bond donors (Lipinski definition) is 0. The van der Waals surface area contributed by atoms with E-state index in [1.54, 1.807) is 24.3 Å². The summed E-state index contributed by atoms with van der Waals surface area (Å²) in [6.07, 6.45) is 1.47. The van der Waals surface area contributed by atoms with Gasteiger partial charge in [-0.1, -0.05) is 35.3 Å². The van der Waals surface area contributed by atoms with Gasteiger partial charge in [-0.3, -0.25) is 4.98 Å². The Labute approximate surface area is 123 Å². The van der Waals surface area contributed by atoms with Crippen LogP contribution in [0.3, 0.4) is 0 Å². The van der Waals surface area contributed by atoms with Crippen molar-refractivity contribution in [1.82, 2.24) is 4.98 Å². The van der Waals surface area contributed by atoms with Gasteiger partial charge >= 0.3 is 0 Å². The van der Waals surface area contributed by atoms with Gasteiger partial charge in [-0.05, 0) is 23.8 Å². The SMILES string of the molecule is Fc1cc(F)c2ncc(-c3ccc(Cl)cc3)c(Cl)c2c1. The molecule has 0 saturated carbocycles. The van der Waals surface area contributed by atoms with E-state index in [2.05, 4.69) is 4.98 Å². The highest BCUT2D eigenvalue weighted by Crippen LogP contribution is 2.34. The van der Waals surface area contributed by atoms with Gasteiger partial charge < -0.3 is 0 Å². The summed E-state index contributed by atoms with van der Waals surface area (Å²) in [7, 11) is 0. The summed E-state index contributed by atoms with van der Waals surface area (Å²) in [5, 5.41) is 1.10. The number of nitrogens with zero attached hydrogens (tertiary/aromatic N) is 1. The predicted octanol–water partition coefficient (Wildman–Crippen LogP) is 5.49. The van der Waals surface area contributed by atoms with Crippen molar-refractivity contribution in [2.75, 3.05) is 0 Å². The monoisotopic (exact) mass is 309 g/mol. The lowest BCUT2D eigenvalue weighted by Gasteiger charge is -2.08. The minimum Gasteiger partial charge on any atom is -0.252 e. The number of benzene rings is 2. The van der Waals surface area contributed by atoms with Crippen LogP contribution in [0.1, 0.15) is 0 Å². The first-order valence-electron chi connectivity index (χ1n) is 5.75. The summed E-state index contributed by atoms with van der Waals surface area (Å²) >= 11 is 12.1. The fourth-order valence-electron chi connectivity index (χ4n) is 2.03. The summed E-state index contributed by atoms with van der Waals surface area (Å²) in [5.41, 5.74) is 1.42. The molecule has 3 aromatic rings. The number of halogens is 4. The topological polar surface area (TPSA) is 12.9 Å². The lowest BCUT2D eigenvalue weighted by atomic mass is 10.1. The highest BCUT2D eigenvalue weighted by atomic mass is 35.5. The molecule has 3 rings (SSSR count). The van der Waals surface area contributed by atoms with Crippen LogP contribution >= 0.6 is 23.2 Å². The van der Waals surface area contributed by atoms with Crippen molar-refractivity contribution in [3.05, 3.63) is 64.3 Å². The molecule has 0 aliphatic rings. The molecule has 0 amide bonds. The molecule has 0 saturated heterocycles. The van der Waals surface area contributed by atoms with Crippen LogP contribution in [0.5, 0.6) is 0 Å². The molecule has 0 aliphatic carbocycles. The van der Waals surface area contributed by atoms with Crippen LogP contribution in [-0.2, 0) is 0 Å². The van der Waals surface area contributed by atoms with Crippen molar-refractivity contribution in [2.24, 2.45) is 0 Å². The number of aromatic nitrogens is 1. The minimum atomic E-state index is -0.732. The third-order valence-corrected chi connectivity index (χ3v) is 3.64. The Morgan fingerprint density at radius 2 is 1.65 bits per heavy atom. The van der Waals surface area contributed by atoms with Crippen molar-refractivity contribution >= 4 is 34.1 Å². The summed E-state index contributed by atoms with van der Waals surface area (Å²) in [6, 6.07) is 8.92. The molecule has 1 aromatic heterocycles. The van der Waals surface area contributed by atoms with E-state index in [-0.39, 0.29) is 15.9 Å². The molecule has 0 spiro atoms. The van der Waals surface area contributed by atoms with Gasteiger partial charge in [0, 0.05) is 28.2 Å². The maximum Gasteiger partial charge on any atom is 0.152 e. The molecule has 0 N–H and O–H groups in total. The van der Waals surface area contributed by atoms with Gasteiger partial charge in [-0.15, -0.1) is 0 Å². The van der Waals surface area contributed by atoms with E-state index >= 15 is 0 Å². The van der Waals surface area contributed by atoms with Crippen LogP contribution in [0.2, 0.25) is 10.0 Å². The third-order valence-electron chi connectivity index (χ3n) is 2.98. The van der Waals surface area contributed by atoms with Gasteiger partial charge in [0.15, 0.2) is 5.82 Å². The van der Waals surface area contributed by atoms with E-state index in [0.717, 1.165) is 11.6 Å². The van der Waals surface area contributed by atoms with Gasteiger partial charge in [0.25, 0.3) is 0 Å². The van der Waals surface area contributed by atoms with Gasteiger partial charge in [-0.2, -0.15) is 0 Å². The average Bonchev–Trinajstić information content (AvgIpc) is 2.41. The number of rotatable bonds is 1. The molecule has 1 heterocycles. The molecule has 0 atom stereocenters. The van der Waals surface area contributed by atoms with Crippen molar-refractivity contribution < 1.29 is 8.78 Å². The maximum absolute atomic E-state index is 13.6. The quantitative estimate of drug-likeness (QED) is 0.579. The molecule has 0 fully saturated rings. The highest BCUT2D eigenvalue weighted by Gasteiger charge is 2.13. The second kappa shape index (κ2) is 5.00. The maximum atomic E-state index is 13.6. The molecular weight excluding hydrogens is 303 g/mol. The fourth-order valence-corrected chi connectivity index (χ4v) is 2.45. The van der Waals surface area contributed by atoms with Gasteiger partial charge in [0.1, 0.15) is 11.3 Å². The van der Waals surface area contributed by atoms with Crippen molar-refractivity contribution in [1.29, 1.82) is 0 Å². The summed E-state index contributed by atoms with van der Waals surface area (Å²) in [4.78, 5) is 4.02. The lowest BCUT2D eigenvalue weighted by molar-refractivity contribution is 0.590. The Morgan fingerprint density at radius 1 is 0.950 bits per heavy atom. The summed E-state index contributed by atoms with van der Waals surface area (Å²) in [6.45, 7) is 0. The Morgan fingerprint density at radius 3 is 2.35 bits per heavy atom. The molecule has 0 radical (unpaired) electrons. The number of fused-ring (bicyclic) bond motifs is 1. The van der Waals surface area contributed by atoms with E-state index in [9.17, 15) is 8.78 Å². The first-order chi connectivity index (χ1) is 9.56. The van der Waals surface area contributed by atoms with E-state index in [4.69, 9.17) is 23.2 Å². The van der Waals surface area contributed by atoms with Crippen LogP contribution < -0.4 is 0 Å². The first-order valence-corrected chi connectivity index (χ1v) is 6.51. The standard InChI is InChI=1S/C15H7Cl2F2N/c16-9-3-1-8(2-4-9)12-7-20-15-11(14(12)17)5-10(18)6-13(15)19/h1-7H. The molecule has 20 heavy (non-hydrogen) atoms. The van der Waals surface area contributed by atoms with Crippen LogP contribution in [0.15, 0.2) is 42.6 Å². The summed E-state index contributed by atoms with van der Waals surface area (Å²) < 4.78 is 27.0. The average molecular weight is 310 g/mol. The second-order valence-corrected chi connectivity index (χ2v) is 5.09. The van der Waals surface area contributed by atoms with Crippen LogP contribution in [0, 0.1) is 11.6 Å². The van der Waals surface area contributed by atoms with Gasteiger partial charge in [0.05, 0.1) is 5.02 Å². The predicted molar refractivity (Wildman–Crippen MR) is 77.1 cm³/mol. The zero-order valence-corrected chi connectivity index (χ0v) is 11.5. The van der Waals surface area contributed by atoms with Crippen LogP contribution in [-0.4, -0.2) is 4.98 Å². The number of pyridine rings is 1. The molecule has 0 aliphatic heterocycles. The number of hydrogen-bond acceptors (Lipinski definition) is 1. The molecule has 0 bridgehead atoms. The fraction of sp³-hybridized carbons (Fsp3) is 0. The molecule has 1 nitrogen and oxygen atoms in total. The van der Waals surface area contributed by atoms with Crippen LogP contribution in [0.25, 0.3) is 22.0 Å². The van der Waals surface area contributed by atoms with Gasteiger partial charge in [-0.25, -0.2) is 8.78 Å². The third kappa shape index (κ3) is 2.23. The zero-order chi connectivity index (χ0) is 14.3. The molecule has 0 unspecified atom stereocenters. The Kier molecular flexibility index (Phi) is 3.32. The van der Waals surface area contributed by atoms with E-state index in [1.165, 1.54) is 12.3 Å². The smallest absolute Gasteiger partial charge is 0.152 e. The normalized spacial score (nSPS) is 11.0. The lowest BCUT2D eigenvalue weighted by Crippen LogP contribution is -1.90. The second-order valence-electron chi connectivity index (χ2n) is 4.28. The minimum absolute atomic E-state index is 0.0501. The molecular formula is C15H7Cl2F2N. The Bertz CT molecular complexity index is 801. The Hall–Kier alpha value is -1.71. The van der Waals surface area contributed by atoms with E-state index in [0.29, 0.717) is 10.6 Å². The Balaban J connectivity index is 2.28. The van der Waals surface area contributed by atoms with Crippen molar-refractivity contribution in [3.63, 3.8) is 0 Å². The van der Waals surface area contributed by atoms with E-state index in [1.807, 2.05) is 0 Å². The molecule has 5 heteroatoms. The van der Waals surface area contributed by atoms with Crippen molar-refractivity contribution in [2.45, 2.75) is 0 Å². The van der Waals surface area contributed by atoms with Gasteiger partial charge in [0.2, 0.25) is 0 Å². The zero-order valence-electron chi connectivity index (χ0n) is 10.0. The largest absolute Gasteiger partial charge is 0.252 e. The van der Waals surface area contributed by atoms with Crippen LogP contribution in [0.4, 0.5) is 8.78 Å². The highest BCUT2D eigenvalue weighted by molar-refractivity contribution is 6.38. The first kappa shape index (κ1) is 13.3.